The average Bonchev–Trinajstić information content (AvgIpc) is 3.28. The molecule has 26 heavy (non-hydrogen) atoms. The number of aromatic amines is 1. The van der Waals surface area contributed by atoms with E-state index < -0.39 is 11.2 Å². The molecule has 4 rings (SSSR count). The molecule has 0 saturated carbocycles. The molecule has 0 bridgehead atoms. The summed E-state index contributed by atoms with van der Waals surface area (Å²) in [6.07, 6.45) is 1.72. The predicted octanol–water partition coefficient (Wildman–Crippen LogP) is 4.06. The van der Waals surface area contributed by atoms with Crippen LogP contribution in [0.3, 0.4) is 0 Å². The third kappa shape index (κ3) is 3.07. The van der Waals surface area contributed by atoms with Crippen LogP contribution in [0.5, 0.6) is 0 Å². The highest BCUT2D eigenvalue weighted by Gasteiger charge is 2.36. The molecular formula is C17H15F3N4OS. The van der Waals surface area contributed by atoms with Crippen molar-refractivity contribution in [3.8, 4) is 0 Å². The number of aromatic nitrogens is 3. The van der Waals surface area contributed by atoms with Crippen LogP contribution in [-0.2, 0) is 6.18 Å². The summed E-state index contributed by atoms with van der Waals surface area (Å²) < 4.78 is 38.0. The highest BCUT2D eigenvalue weighted by molar-refractivity contribution is 7.13. The molecule has 1 saturated heterocycles. The van der Waals surface area contributed by atoms with Crippen LogP contribution >= 0.6 is 11.3 Å². The third-order valence-electron chi connectivity index (χ3n) is 4.66. The molecule has 1 aliphatic rings. The number of pyridine rings is 1. The van der Waals surface area contributed by atoms with Crippen molar-refractivity contribution < 1.29 is 18.0 Å². The number of piperidine rings is 1. The zero-order valence-corrected chi connectivity index (χ0v) is 14.4. The quantitative estimate of drug-likeness (QED) is 0.729. The van der Waals surface area contributed by atoms with Crippen LogP contribution in [0, 0.1) is 0 Å². The normalized spacial score (nSPS) is 16.3. The van der Waals surface area contributed by atoms with Gasteiger partial charge in [0.15, 0.2) is 5.01 Å². The van der Waals surface area contributed by atoms with Crippen LogP contribution in [0.15, 0.2) is 30.7 Å². The summed E-state index contributed by atoms with van der Waals surface area (Å²) in [5, 5.41) is 0.0941. The van der Waals surface area contributed by atoms with Crippen molar-refractivity contribution in [2.45, 2.75) is 24.9 Å². The molecule has 5 nitrogen and oxygen atoms in total. The highest BCUT2D eigenvalue weighted by atomic mass is 32.1. The lowest BCUT2D eigenvalue weighted by atomic mass is 9.89. The molecule has 0 radical (unpaired) electrons. The van der Waals surface area contributed by atoms with Gasteiger partial charge in [0, 0.05) is 30.9 Å². The Labute approximate surface area is 150 Å². The fourth-order valence-corrected chi connectivity index (χ4v) is 4.12. The van der Waals surface area contributed by atoms with Gasteiger partial charge >= 0.3 is 6.18 Å². The lowest BCUT2D eigenvalue weighted by molar-refractivity contribution is -0.137. The van der Waals surface area contributed by atoms with E-state index in [-0.39, 0.29) is 10.8 Å². The summed E-state index contributed by atoms with van der Waals surface area (Å²) in [5.74, 6) is -0.0822. The lowest BCUT2D eigenvalue weighted by Gasteiger charge is -2.31. The third-order valence-corrected chi connectivity index (χ3v) is 5.69. The van der Waals surface area contributed by atoms with Gasteiger partial charge in [-0.25, -0.2) is 9.97 Å². The number of hydrogen-bond donors (Lipinski definition) is 1. The molecule has 0 aliphatic carbocycles. The number of H-pyrrole nitrogens is 1. The number of halogens is 3. The van der Waals surface area contributed by atoms with E-state index in [9.17, 15) is 18.0 Å². The number of carbonyl (C=O) groups is 1. The number of likely N-dealkylation sites (tertiary alicyclic amines) is 1. The van der Waals surface area contributed by atoms with Crippen molar-refractivity contribution in [3.05, 3.63) is 46.2 Å². The predicted molar refractivity (Wildman–Crippen MR) is 91.1 cm³/mol. The van der Waals surface area contributed by atoms with Gasteiger partial charge in [-0.3, -0.25) is 4.79 Å². The van der Waals surface area contributed by atoms with Crippen molar-refractivity contribution in [3.63, 3.8) is 0 Å². The van der Waals surface area contributed by atoms with Crippen LogP contribution in [-0.4, -0.2) is 38.8 Å². The van der Waals surface area contributed by atoms with Crippen LogP contribution in [0.1, 0.15) is 39.0 Å². The van der Waals surface area contributed by atoms with Gasteiger partial charge in [-0.1, -0.05) is 0 Å². The Balaban J connectivity index is 1.45. The van der Waals surface area contributed by atoms with Gasteiger partial charge in [0.25, 0.3) is 5.91 Å². The molecule has 9 heteroatoms. The second kappa shape index (κ2) is 6.39. The molecule has 136 valence electrons. The number of alkyl halides is 3. The summed E-state index contributed by atoms with van der Waals surface area (Å²) in [7, 11) is 0. The number of thiazole rings is 1. The first-order valence-corrected chi connectivity index (χ1v) is 8.99. The van der Waals surface area contributed by atoms with E-state index in [1.807, 2.05) is 18.3 Å². The number of carbonyl (C=O) groups excluding carboxylic acids is 1. The van der Waals surface area contributed by atoms with Crippen molar-refractivity contribution in [1.29, 1.82) is 0 Å². The summed E-state index contributed by atoms with van der Waals surface area (Å²) in [4.78, 5) is 24.9. The van der Waals surface area contributed by atoms with Gasteiger partial charge in [0.2, 0.25) is 0 Å². The molecule has 0 atom stereocenters. The molecule has 1 N–H and O–H groups in total. The van der Waals surface area contributed by atoms with Gasteiger partial charge in [0.1, 0.15) is 10.5 Å². The highest BCUT2D eigenvalue weighted by Crippen LogP contribution is 2.35. The summed E-state index contributed by atoms with van der Waals surface area (Å²) in [6, 6.07) is 3.90. The maximum Gasteiger partial charge on any atom is 0.443 e. The first-order chi connectivity index (χ1) is 12.4. The maximum atomic E-state index is 12.7. The van der Waals surface area contributed by atoms with Crippen molar-refractivity contribution >= 4 is 28.3 Å². The molecule has 1 fully saturated rings. The molecular weight excluding hydrogens is 365 g/mol. The Kier molecular flexibility index (Phi) is 4.18. The molecule has 0 aromatic carbocycles. The second-order valence-corrected chi connectivity index (χ2v) is 7.27. The van der Waals surface area contributed by atoms with Gasteiger partial charge in [-0.15, -0.1) is 11.3 Å². The van der Waals surface area contributed by atoms with E-state index in [0.29, 0.717) is 30.3 Å². The zero-order valence-electron chi connectivity index (χ0n) is 13.6. The topological polar surface area (TPSA) is 61.9 Å². The van der Waals surface area contributed by atoms with Crippen molar-refractivity contribution in [1.82, 2.24) is 19.9 Å². The van der Waals surface area contributed by atoms with E-state index >= 15 is 0 Å². The molecule has 3 aromatic rings. The fourth-order valence-electron chi connectivity index (χ4n) is 3.37. The Bertz CT molecular complexity index is 941. The summed E-state index contributed by atoms with van der Waals surface area (Å²) in [5.41, 5.74) is 2.02. The molecule has 0 spiro atoms. The number of fused-ring (bicyclic) bond motifs is 1. The van der Waals surface area contributed by atoms with Crippen LogP contribution in [0.4, 0.5) is 13.2 Å². The molecule has 0 unspecified atom stereocenters. The Morgan fingerprint density at radius 2 is 2.04 bits per heavy atom. The van der Waals surface area contributed by atoms with Crippen LogP contribution in [0.25, 0.3) is 11.0 Å². The smallest absolute Gasteiger partial charge is 0.346 e. The number of hydrogen-bond acceptors (Lipinski definition) is 4. The maximum absolute atomic E-state index is 12.7. The SMILES string of the molecule is O=C(c1cnc(C(F)(F)F)s1)N1CCC(c2c[nH]c3ncccc23)CC1. The summed E-state index contributed by atoms with van der Waals surface area (Å²) in [6.45, 7) is 1.02. The number of nitrogens with zero attached hydrogens (tertiary/aromatic N) is 3. The molecule has 1 amide bonds. The van der Waals surface area contributed by atoms with Crippen molar-refractivity contribution in [2.24, 2.45) is 0 Å². The second-order valence-electron chi connectivity index (χ2n) is 6.24. The number of amides is 1. The lowest BCUT2D eigenvalue weighted by Crippen LogP contribution is -2.37. The van der Waals surface area contributed by atoms with E-state index in [1.54, 1.807) is 11.1 Å². The minimum atomic E-state index is -4.51. The van der Waals surface area contributed by atoms with Gasteiger partial charge in [0.05, 0.1) is 6.20 Å². The Morgan fingerprint density at radius 1 is 1.27 bits per heavy atom. The molecule has 3 aromatic heterocycles. The standard InChI is InChI=1S/C17H15F3N4OS/c18-17(19,20)16-23-9-13(26-16)15(25)24-6-3-10(4-7-24)12-8-22-14-11(12)2-1-5-21-14/h1-2,5,8-10H,3-4,6-7H2,(H,21,22). The fraction of sp³-hybridized carbons (Fsp3) is 0.353. The van der Waals surface area contributed by atoms with E-state index in [4.69, 9.17) is 0 Å². The molecule has 4 heterocycles. The van der Waals surface area contributed by atoms with E-state index in [1.165, 1.54) is 5.56 Å². The van der Waals surface area contributed by atoms with Gasteiger partial charge < -0.3 is 9.88 Å². The van der Waals surface area contributed by atoms with Gasteiger partial charge in [-0.05, 0) is 36.5 Å². The zero-order chi connectivity index (χ0) is 18.3. The van der Waals surface area contributed by atoms with E-state index in [2.05, 4.69) is 15.0 Å². The first-order valence-electron chi connectivity index (χ1n) is 8.18. The van der Waals surface area contributed by atoms with Crippen LogP contribution in [0.2, 0.25) is 0 Å². The van der Waals surface area contributed by atoms with E-state index in [0.717, 1.165) is 30.1 Å². The minimum Gasteiger partial charge on any atom is -0.346 e. The summed E-state index contributed by atoms with van der Waals surface area (Å²) >= 11 is 0.401. The minimum absolute atomic E-state index is 0.0343. The first kappa shape index (κ1) is 17.0. The number of rotatable bonds is 2. The Hall–Kier alpha value is -2.42. The number of nitrogens with one attached hydrogen (secondary N) is 1. The monoisotopic (exact) mass is 380 g/mol. The Morgan fingerprint density at radius 3 is 2.73 bits per heavy atom. The van der Waals surface area contributed by atoms with Crippen LogP contribution < -0.4 is 0 Å². The van der Waals surface area contributed by atoms with Crippen molar-refractivity contribution in [2.75, 3.05) is 13.1 Å². The van der Waals surface area contributed by atoms with Gasteiger partial charge in [-0.2, -0.15) is 13.2 Å². The largest absolute Gasteiger partial charge is 0.443 e. The average molecular weight is 380 g/mol. The molecule has 1 aliphatic heterocycles.